The van der Waals surface area contributed by atoms with E-state index in [0.29, 0.717) is 16.4 Å². The van der Waals surface area contributed by atoms with Gasteiger partial charge in [0, 0.05) is 17.5 Å². The second kappa shape index (κ2) is 6.64. The van der Waals surface area contributed by atoms with Crippen LogP contribution < -0.4 is 5.32 Å². The number of nitrogens with one attached hydrogen (secondary N) is 1. The van der Waals surface area contributed by atoms with E-state index in [2.05, 4.69) is 52.6 Å². The third-order valence-electron chi connectivity index (χ3n) is 3.03. The summed E-state index contributed by atoms with van der Waals surface area (Å²) in [4.78, 5) is 1.34. The quantitative estimate of drug-likeness (QED) is 0.794. The van der Waals surface area contributed by atoms with Crippen LogP contribution in [0.3, 0.4) is 0 Å². The van der Waals surface area contributed by atoms with Crippen molar-refractivity contribution in [2.75, 3.05) is 0 Å². The fraction of sp³-hybridized carbons (Fsp3) is 0.333. The maximum Gasteiger partial charge on any atom is 0.137 e. The van der Waals surface area contributed by atoms with Crippen LogP contribution in [0.15, 0.2) is 40.2 Å². The van der Waals surface area contributed by atoms with Crippen LogP contribution in [-0.4, -0.2) is 0 Å². The average Bonchev–Trinajstić information content (AvgIpc) is 2.87. The standard InChI is InChI=1S/C15H17BrFNS/c1-10(2)15(14-4-3-7-19-14)18-9-11-5-6-13(17)12(16)8-11/h3-8,10,15,18H,9H2,1-2H3. The molecule has 1 N–H and O–H groups in total. The highest BCUT2D eigenvalue weighted by molar-refractivity contribution is 9.10. The zero-order chi connectivity index (χ0) is 13.8. The SMILES string of the molecule is CC(C)C(NCc1ccc(F)c(Br)c1)c1cccs1. The molecule has 0 spiro atoms. The zero-order valence-corrected chi connectivity index (χ0v) is 13.4. The van der Waals surface area contributed by atoms with Gasteiger partial charge in [0.2, 0.25) is 0 Å². The lowest BCUT2D eigenvalue weighted by atomic mass is 10.0. The van der Waals surface area contributed by atoms with Gasteiger partial charge in [0.25, 0.3) is 0 Å². The van der Waals surface area contributed by atoms with E-state index in [4.69, 9.17) is 0 Å². The highest BCUT2D eigenvalue weighted by Crippen LogP contribution is 2.26. The van der Waals surface area contributed by atoms with Crippen LogP contribution in [0.4, 0.5) is 4.39 Å². The van der Waals surface area contributed by atoms with Crippen LogP contribution in [0.5, 0.6) is 0 Å². The maximum atomic E-state index is 13.2. The van der Waals surface area contributed by atoms with E-state index in [1.165, 1.54) is 10.9 Å². The van der Waals surface area contributed by atoms with Crippen molar-refractivity contribution in [3.05, 3.63) is 56.4 Å². The summed E-state index contributed by atoms with van der Waals surface area (Å²) in [6, 6.07) is 9.71. The summed E-state index contributed by atoms with van der Waals surface area (Å²) >= 11 is 4.99. The summed E-state index contributed by atoms with van der Waals surface area (Å²) in [6.07, 6.45) is 0. The second-order valence-electron chi connectivity index (χ2n) is 4.87. The van der Waals surface area contributed by atoms with Gasteiger partial charge in [-0.25, -0.2) is 4.39 Å². The van der Waals surface area contributed by atoms with E-state index < -0.39 is 0 Å². The van der Waals surface area contributed by atoms with Crippen molar-refractivity contribution in [3.63, 3.8) is 0 Å². The largest absolute Gasteiger partial charge is 0.305 e. The summed E-state index contributed by atoms with van der Waals surface area (Å²) < 4.78 is 13.7. The van der Waals surface area contributed by atoms with Crippen molar-refractivity contribution in [2.45, 2.75) is 26.4 Å². The minimum Gasteiger partial charge on any atom is -0.305 e. The number of benzene rings is 1. The number of rotatable bonds is 5. The summed E-state index contributed by atoms with van der Waals surface area (Å²) in [6.45, 7) is 5.15. The first-order chi connectivity index (χ1) is 9.08. The third kappa shape index (κ3) is 3.88. The first-order valence-electron chi connectivity index (χ1n) is 6.28. The fourth-order valence-electron chi connectivity index (χ4n) is 2.01. The minimum atomic E-state index is -0.220. The van der Waals surface area contributed by atoms with Crippen LogP contribution >= 0.6 is 27.3 Å². The van der Waals surface area contributed by atoms with Gasteiger partial charge >= 0.3 is 0 Å². The molecule has 0 saturated heterocycles. The Balaban J connectivity index is 2.05. The van der Waals surface area contributed by atoms with Gasteiger partial charge in [-0.15, -0.1) is 11.3 Å². The summed E-state index contributed by atoms with van der Waals surface area (Å²) in [5, 5.41) is 5.65. The highest BCUT2D eigenvalue weighted by atomic mass is 79.9. The molecule has 0 aliphatic rings. The molecule has 1 atom stereocenters. The summed E-state index contributed by atoms with van der Waals surface area (Å²) in [7, 11) is 0. The Hall–Kier alpha value is -0.710. The molecule has 1 aromatic heterocycles. The van der Waals surface area contributed by atoms with Gasteiger partial charge in [-0.05, 0) is 51.0 Å². The molecule has 0 aliphatic carbocycles. The van der Waals surface area contributed by atoms with Gasteiger partial charge in [0.1, 0.15) is 5.82 Å². The van der Waals surface area contributed by atoms with Gasteiger partial charge in [-0.1, -0.05) is 26.0 Å². The summed E-state index contributed by atoms with van der Waals surface area (Å²) in [5.41, 5.74) is 1.08. The Morgan fingerprint density at radius 3 is 2.68 bits per heavy atom. The van der Waals surface area contributed by atoms with E-state index in [-0.39, 0.29) is 5.82 Å². The molecule has 2 rings (SSSR count). The lowest BCUT2D eigenvalue weighted by Crippen LogP contribution is -2.24. The fourth-order valence-corrected chi connectivity index (χ4v) is 3.41. The van der Waals surface area contributed by atoms with Crippen LogP contribution in [0.25, 0.3) is 0 Å². The van der Waals surface area contributed by atoms with E-state index in [9.17, 15) is 4.39 Å². The Morgan fingerprint density at radius 1 is 1.32 bits per heavy atom. The predicted molar refractivity (Wildman–Crippen MR) is 82.8 cm³/mol. The topological polar surface area (TPSA) is 12.0 Å². The van der Waals surface area contributed by atoms with Crippen molar-refractivity contribution in [2.24, 2.45) is 5.92 Å². The Labute approximate surface area is 126 Å². The molecule has 0 aliphatic heterocycles. The van der Waals surface area contributed by atoms with E-state index in [1.54, 1.807) is 11.3 Å². The molecule has 4 heteroatoms. The lowest BCUT2D eigenvalue weighted by molar-refractivity contribution is 0.416. The first-order valence-corrected chi connectivity index (χ1v) is 7.96. The molecule has 1 heterocycles. The molecule has 0 amide bonds. The molecule has 0 saturated carbocycles. The van der Waals surface area contributed by atoms with Gasteiger partial charge in [0.15, 0.2) is 0 Å². The summed E-state index contributed by atoms with van der Waals surface area (Å²) in [5.74, 6) is 0.296. The molecule has 1 unspecified atom stereocenters. The molecular formula is C15H17BrFNS. The molecule has 0 bridgehead atoms. The molecule has 0 fully saturated rings. The van der Waals surface area contributed by atoms with Crippen molar-refractivity contribution in [3.8, 4) is 0 Å². The molecular weight excluding hydrogens is 325 g/mol. The third-order valence-corrected chi connectivity index (χ3v) is 4.59. The van der Waals surface area contributed by atoms with Crippen LogP contribution in [0, 0.1) is 11.7 Å². The zero-order valence-electron chi connectivity index (χ0n) is 11.0. The molecule has 1 aromatic carbocycles. The van der Waals surface area contributed by atoms with Gasteiger partial charge < -0.3 is 5.32 Å². The lowest BCUT2D eigenvalue weighted by Gasteiger charge is -2.21. The van der Waals surface area contributed by atoms with Crippen molar-refractivity contribution in [1.82, 2.24) is 5.32 Å². The van der Waals surface area contributed by atoms with E-state index in [0.717, 1.165) is 12.1 Å². The minimum absolute atomic E-state index is 0.220. The average molecular weight is 342 g/mol. The first kappa shape index (κ1) is 14.7. The van der Waals surface area contributed by atoms with Crippen LogP contribution in [0.1, 0.15) is 30.3 Å². The Morgan fingerprint density at radius 2 is 2.11 bits per heavy atom. The Kier molecular flexibility index (Phi) is 5.13. The maximum absolute atomic E-state index is 13.2. The smallest absolute Gasteiger partial charge is 0.137 e. The van der Waals surface area contributed by atoms with Gasteiger partial charge in [-0.3, -0.25) is 0 Å². The van der Waals surface area contributed by atoms with E-state index in [1.807, 2.05) is 12.1 Å². The second-order valence-corrected chi connectivity index (χ2v) is 6.70. The molecule has 1 nitrogen and oxygen atoms in total. The van der Waals surface area contributed by atoms with Crippen molar-refractivity contribution in [1.29, 1.82) is 0 Å². The monoisotopic (exact) mass is 341 g/mol. The molecule has 19 heavy (non-hydrogen) atoms. The highest BCUT2D eigenvalue weighted by Gasteiger charge is 2.16. The van der Waals surface area contributed by atoms with Crippen molar-refractivity contribution >= 4 is 27.3 Å². The molecule has 102 valence electrons. The molecule has 2 aromatic rings. The predicted octanol–water partition coefficient (Wildman–Crippen LogP) is 5.14. The Bertz CT molecular complexity index is 525. The van der Waals surface area contributed by atoms with Crippen LogP contribution in [-0.2, 0) is 6.54 Å². The van der Waals surface area contributed by atoms with Crippen molar-refractivity contribution < 1.29 is 4.39 Å². The van der Waals surface area contributed by atoms with Crippen LogP contribution in [0.2, 0.25) is 0 Å². The number of thiophene rings is 1. The number of hydrogen-bond acceptors (Lipinski definition) is 2. The van der Waals surface area contributed by atoms with Gasteiger partial charge in [0.05, 0.1) is 4.47 Å². The van der Waals surface area contributed by atoms with E-state index >= 15 is 0 Å². The molecule has 0 radical (unpaired) electrons. The van der Waals surface area contributed by atoms with Gasteiger partial charge in [-0.2, -0.15) is 0 Å². The normalized spacial score (nSPS) is 12.9. The number of hydrogen-bond donors (Lipinski definition) is 1. The number of halogens is 2.